The third-order valence-electron chi connectivity index (χ3n) is 4.00. The second-order valence-electron chi connectivity index (χ2n) is 5.27. The Bertz CT molecular complexity index is 398. The SMILES string of the molecule is CC(NC1CCc2cc(O)ccc21)C1CC1. The quantitative estimate of drug-likeness (QED) is 0.816. The van der Waals surface area contributed by atoms with Crippen molar-refractivity contribution < 1.29 is 5.11 Å². The Morgan fingerprint density at radius 1 is 1.31 bits per heavy atom. The summed E-state index contributed by atoms with van der Waals surface area (Å²) in [6.45, 7) is 2.30. The highest BCUT2D eigenvalue weighted by Gasteiger charge is 2.31. The van der Waals surface area contributed by atoms with Gasteiger partial charge in [0.1, 0.15) is 5.75 Å². The van der Waals surface area contributed by atoms with Crippen LogP contribution >= 0.6 is 0 Å². The van der Waals surface area contributed by atoms with Crippen LogP contribution in [0.3, 0.4) is 0 Å². The number of phenols is 1. The van der Waals surface area contributed by atoms with Crippen molar-refractivity contribution in [2.45, 2.75) is 44.7 Å². The Balaban J connectivity index is 1.75. The van der Waals surface area contributed by atoms with Gasteiger partial charge in [-0.05, 0) is 61.8 Å². The van der Waals surface area contributed by atoms with Crippen LogP contribution in [0.25, 0.3) is 0 Å². The molecule has 3 rings (SSSR count). The zero-order chi connectivity index (χ0) is 11.1. The maximum atomic E-state index is 9.44. The van der Waals surface area contributed by atoms with Crippen LogP contribution in [-0.4, -0.2) is 11.1 Å². The summed E-state index contributed by atoms with van der Waals surface area (Å²) >= 11 is 0. The van der Waals surface area contributed by atoms with E-state index in [4.69, 9.17) is 0 Å². The number of hydrogen-bond acceptors (Lipinski definition) is 2. The predicted molar refractivity (Wildman–Crippen MR) is 64.5 cm³/mol. The summed E-state index contributed by atoms with van der Waals surface area (Å²) in [6.07, 6.45) is 5.06. The van der Waals surface area contributed by atoms with Crippen molar-refractivity contribution in [2.24, 2.45) is 5.92 Å². The van der Waals surface area contributed by atoms with E-state index in [1.165, 1.54) is 30.4 Å². The maximum Gasteiger partial charge on any atom is 0.115 e. The van der Waals surface area contributed by atoms with Gasteiger partial charge >= 0.3 is 0 Å². The molecule has 0 heterocycles. The van der Waals surface area contributed by atoms with Crippen molar-refractivity contribution in [3.05, 3.63) is 29.3 Å². The number of aryl methyl sites for hydroxylation is 1. The van der Waals surface area contributed by atoms with E-state index in [2.05, 4.69) is 18.3 Å². The zero-order valence-corrected chi connectivity index (χ0v) is 9.74. The van der Waals surface area contributed by atoms with E-state index in [-0.39, 0.29) is 0 Å². The molecule has 2 atom stereocenters. The van der Waals surface area contributed by atoms with Crippen molar-refractivity contribution in [3.8, 4) is 5.75 Å². The fourth-order valence-electron chi connectivity index (χ4n) is 2.83. The molecule has 0 amide bonds. The lowest BCUT2D eigenvalue weighted by Crippen LogP contribution is -2.30. The van der Waals surface area contributed by atoms with Crippen LogP contribution in [0.1, 0.15) is 43.4 Å². The van der Waals surface area contributed by atoms with Gasteiger partial charge in [-0.15, -0.1) is 0 Å². The molecule has 1 aromatic carbocycles. The summed E-state index contributed by atoms with van der Waals surface area (Å²) in [4.78, 5) is 0. The fourth-order valence-corrected chi connectivity index (χ4v) is 2.83. The highest BCUT2D eigenvalue weighted by atomic mass is 16.3. The number of hydrogen-bond donors (Lipinski definition) is 2. The first-order valence-corrected chi connectivity index (χ1v) is 6.32. The summed E-state index contributed by atoms with van der Waals surface area (Å²) in [5, 5.41) is 13.2. The van der Waals surface area contributed by atoms with Crippen molar-refractivity contribution in [2.75, 3.05) is 0 Å². The molecule has 0 aliphatic heterocycles. The van der Waals surface area contributed by atoms with Gasteiger partial charge in [-0.3, -0.25) is 0 Å². The van der Waals surface area contributed by atoms with Crippen molar-refractivity contribution in [1.82, 2.24) is 5.32 Å². The van der Waals surface area contributed by atoms with E-state index in [0.717, 1.165) is 12.3 Å². The molecule has 0 aromatic heterocycles. The number of aromatic hydroxyl groups is 1. The van der Waals surface area contributed by atoms with Gasteiger partial charge in [-0.1, -0.05) is 6.07 Å². The third kappa shape index (κ3) is 1.82. The Hall–Kier alpha value is -1.02. The highest BCUT2D eigenvalue weighted by Crippen LogP contribution is 2.37. The molecule has 2 heteroatoms. The average molecular weight is 217 g/mol. The first-order chi connectivity index (χ1) is 7.74. The maximum absolute atomic E-state index is 9.44. The van der Waals surface area contributed by atoms with Crippen LogP contribution in [0, 0.1) is 5.92 Å². The Morgan fingerprint density at radius 2 is 2.12 bits per heavy atom. The van der Waals surface area contributed by atoms with Crippen LogP contribution < -0.4 is 5.32 Å². The van der Waals surface area contributed by atoms with E-state index in [0.29, 0.717) is 17.8 Å². The van der Waals surface area contributed by atoms with Gasteiger partial charge in [0.05, 0.1) is 0 Å². The molecule has 0 bridgehead atoms. The van der Waals surface area contributed by atoms with E-state index in [1.54, 1.807) is 6.07 Å². The van der Waals surface area contributed by atoms with Crippen LogP contribution in [0.5, 0.6) is 5.75 Å². The molecule has 0 radical (unpaired) electrons. The third-order valence-corrected chi connectivity index (χ3v) is 4.00. The molecule has 16 heavy (non-hydrogen) atoms. The van der Waals surface area contributed by atoms with Gasteiger partial charge in [0, 0.05) is 12.1 Å². The van der Waals surface area contributed by atoms with Crippen molar-refractivity contribution >= 4 is 0 Å². The van der Waals surface area contributed by atoms with Crippen LogP contribution in [0.15, 0.2) is 18.2 Å². The van der Waals surface area contributed by atoms with E-state index < -0.39 is 0 Å². The van der Waals surface area contributed by atoms with Crippen LogP contribution in [0.2, 0.25) is 0 Å². The number of fused-ring (bicyclic) bond motifs is 1. The second-order valence-corrected chi connectivity index (χ2v) is 5.27. The van der Waals surface area contributed by atoms with Gasteiger partial charge in [-0.2, -0.15) is 0 Å². The van der Waals surface area contributed by atoms with Crippen molar-refractivity contribution in [3.63, 3.8) is 0 Å². The van der Waals surface area contributed by atoms with Gasteiger partial charge in [0.15, 0.2) is 0 Å². The van der Waals surface area contributed by atoms with Gasteiger partial charge in [-0.25, -0.2) is 0 Å². The minimum Gasteiger partial charge on any atom is -0.508 e. The molecule has 0 spiro atoms. The molecule has 86 valence electrons. The molecule has 2 N–H and O–H groups in total. The number of rotatable bonds is 3. The topological polar surface area (TPSA) is 32.3 Å². The molecule has 1 aromatic rings. The smallest absolute Gasteiger partial charge is 0.115 e. The summed E-state index contributed by atoms with van der Waals surface area (Å²) in [7, 11) is 0. The van der Waals surface area contributed by atoms with E-state index >= 15 is 0 Å². The molecular formula is C14H19NO. The lowest BCUT2D eigenvalue weighted by atomic mass is 10.1. The lowest BCUT2D eigenvalue weighted by molar-refractivity contribution is 0.420. The fraction of sp³-hybridized carbons (Fsp3) is 0.571. The largest absolute Gasteiger partial charge is 0.508 e. The molecule has 2 aliphatic carbocycles. The predicted octanol–water partition coefficient (Wildman–Crippen LogP) is 2.77. The minimum absolute atomic E-state index is 0.398. The van der Waals surface area contributed by atoms with Gasteiger partial charge < -0.3 is 10.4 Å². The average Bonchev–Trinajstić information content (AvgIpc) is 3.03. The van der Waals surface area contributed by atoms with Crippen LogP contribution in [-0.2, 0) is 6.42 Å². The Kier molecular flexibility index (Phi) is 2.40. The molecule has 2 nitrogen and oxygen atoms in total. The minimum atomic E-state index is 0.398. The van der Waals surface area contributed by atoms with Gasteiger partial charge in [0.2, 0.25) is 0 Å². The summed E-state index contributed by atoms with van der Waals surface area (Å²) in [5.74, 6) is 1.30. The highest BCUT2D eigenvalue weighted by molar-refractivity contribution is 5.40. The molecular weight excluding hydrogens is 198 g/mol. The number of nitrogens with one attached hydrogen (secondary N) is 1. The molecule has 1 fully saturated rings. The van der Waals surface area contributed by atoms with Gasteiger partial charge in [0.25, 0.3) is 0 Å². The summed E-state index contributed by atoms with van der Waals surface area (Å²) in [5.41, 5.74) is 2.71. The van der Waals surface area contributed by atoms with Crippen molar-refractivity contribution in [1.29, 1.82) is 0 Å². The van der Waals surface area contributed by atoms with E-state index in [9.17, 15) is 5.11 Å². The number of benzene rings is 1. The lowest BCUT2D eigenvalue weighted by Gasteiger charge is -2.20. The molecule has 1 saturated carbocycles. The summed E-state index contributed by atoms with van der Waals surface area (Å²) in [6, 6.07) is 6.95. The first-order valence-electron chi connectivity index (χ1n) is 6.32. The Morgan fingerprint density at radius 3 is 2.88 bits per heavy atom. The standard InChI is InChI=1S/C14H19NO/c1-9(10-2-3-10)15-14-7-4-11-8-12(16)5-6-13(11)14/h5-6,8-10,14-16H,2-4,7H2,1H3. The Labute approximate surface area is 96.7 Å². The second kappa shape index (κ2) is 3.77. The van der Waals surface area contributed by atoms with Crippen LogP contribution in [0.4, 0.5) is 0 Å². The van der Waals surface area contributed by atoms with E-state index in [1.807, 2.05) is 6.07 Å². The monoisotopic (exact) mass is 217 g/mol. The molecule has 2 aliphatic rings. The number of phenolic OH excluding ortho intramolecular Hbond substituents is 1. The normalized spacial score (nSPS) is 25.4. The molecule has 0 saturated heterocycles. The first kappa shape index (κ1) is 10.2. The zero-order valence-electron chi connectivity index (χ0n) is 9.74. The summed E-state index contributed by atoms with van der Waals surface area (Å²) < 4.78 is 0. The molecule has 2 unspecified atom stereocenters.